The van der Waals surface area contributed by atoms with Crippen molar-refractivity contribution in [2.45, 2.75) is 25.1 Å². The molecule has 1 N–H and O–H groups in total. The number of alkyl halides is 3. The maximum atomic E-state index is 12.9. The van der Waals surface area contributed by atoms with Crippen molar-refractivity contribution >= 4 is 5.91 Å². The normalized spacial score (nSPS) is 15.4. The van der Waals surface area contributed by atoms with E-state index in [0.717, 1.165) is 18.9 Å². The second-order valence-corrected chi connectivity index (χ2v) is 4.50. The summed E-state index contributed by atoms with van der Waals surface area (Å²) in [6.45, 7) is -0.188. The summed E-state index contributed by atoms with van der Waals surface area (Å²) in [5, 5.41) is 8.92. The Balaban J connectivity index is 2.32. The van der Waals surface area contributed by atoms with Crippen LogP contribution < -0.4 is 0 Å². The SMILES string of the molecule is O=C(c1ccccc1C(F)(F)F)N(CCO)C1CC1. The molecule has 1 aromatic rings. The Morgan fingerprint density at radius 1 is 1.32 bits per heavy atom. The molecule has 3 nitrogen and oxygen atoms in total. The molecule has 0 bridgehead atoms. The van der Waals surface area contributed by atoms with E-state index in [2.05, 4.69) is 0 Å². The number of halogens is 3. The smallest absolute Gasteiger partial charge is 0.395 e. The fourth-order valence-corrected chi connectivity index (χ4v) is 2.02. The fourth-order valence-electron chi connectivity index (χ4n) is 2.02. The summed E-state index contributed by atoms with van der Waals surface area (Å²) in [5.41, 5.74) is -1.28. The minimum Gasteiger partial charge on any atom is -0.395 e. The molecule has 0 saturated heterocycles. The maximum Gasteiger partial charge on any atom is 0.417 e. The minimum atomic E-state index is -4.55. The van der Waals surface area contributed by atoms with Crippen LogP contribution in [-0.4, -0.2) is 35.1 Å². The van der Waals surface area contributed by atoms with Gasteiger partial charge in [0.15, 0.2) is 0 Å². The zero-order chi connectivity index (χ0) is 14.0. The molecule has 0 unspecified atom stereocenters. The van der Waals surface area contributed by atoms with E-state index in [1.807, 2.05) is 0 Å². The van der Waals surface area contributed by atoms with Crippen LogP contribution in [0.3, 0.4) is 0 Å². The number of carbonyl (C=O) groups excluding carboxylic acids is 1. The van der Waals surface area contributed by atoms with Crippen molar-refractivity contribution in [3.63, 3.8) is 0 Å². The Morgan fingerprint density at radius 2 is 1.95 bits per heavy atom. The third-order valence-electron chi connectivity index (χ3n) is 3.05. The lowest BCUT2D eigenvalue weighted by Gasteiger charge is -2.23. The van der Waals surface area contributed by atoms with E-state index in [1.165, 1.54) is 23.1 Å². The van der Waals surface area contributed by atoms with E-state index in [0.29, 0.717) is 0 Å². The van der Waals surface area contributed by atoms with Crippen molar-refractivity contribution in [2.24, 2.45) is 0 Å². The van der Waals surface area contributed by atoms with Gasteiger partial charge in [0.1, 0.15) is 0 Å². The predicted molar refractivity (Wildman–Crippen MR) is 62.6 cm³/mol. The van der Waals surface area contributed by atoms with Gasteiger partial charge in [-0.05, 0) is 25.0 Å². The number of aliphatic hydroxyl groups is 1. The van der Waals surface area contributed by atoms with Crippen LogP contribution >= 0.6 is 0 Å². The number of benzene rings is 1. The molecule has 0 heterocycles. The van der Waals surface area contributed by atoms with Crippen molar-refractivity contribution < 1.29 is 23.1 Å². The largest absolute Gasteiger partial charge is 0.417 e. The topological polar surface area (TPSA) is 40.5 Å². The van der Waals surface area contributed by atoms with Gasteiger partial charge in [-0.1, -0.05) is 12.1 Å². The van der Waals surface area contributed by atoms with Gasteiger partial charge >= 0.3 is 6.18 Å². The zero-order valence-electron chi connectivity index (χ0n) is 10.2. The fraction of sp³-hybridized carbons (Fsp3) is 0.462. The molecule has 1 aliphatic rings. The first-order valence-electron chi connectivity index (χ1n) is 6.03. The molecule has 0 aliphatic heterocycles. The quantitative estimate of drug-likeness (QED) is 0.914. The Labute approximate surface area is 108 Å². The van der Waals surface area contributed by atoms with Gasteiger partial charge in [-0.25, -0.2) is 0 Å². The summed E-state index contributed by atoms with van der Waals surface area (Å²) < 4.78 is 38.6. The lowest BCUT2D eigenvalue weighted by atomic mass is 10.1. The van der Waals surface area contributed by atoms with E-state index < -0.39 is 17.6 Å². The molecule has 1 saturated carbocycles. The van der Waals surface area contributed by atoms with Gasteiger partial charge in [-0.3, -0.25) is 4.79 Å². The molecule has 0 aromatic heterocycles. The highest BCUT2D eigenvalue weighted by atomic mass is 19.4. The van der Waals surface area contributed by atoms with Crippen molar-refractivity contribution in [1.29, 1.82) is 0 Å². The molecule has 1 aliphatic carbocycles. The Hall–Kier alpha value is -1.56. The number of hydrogen-bond donors (Lipinski definition) is 1. The average molecular weight is 273 g/mol. The van der Waals surface area contributed by atoms with Gasteiger partial charge in [0.05, 0.1) is 17.7 Å². The monoisotopic (exact) mass is 273 g/mol. The highest BCUT2D eigenvalue weighted by Crippen LogP contribution is 2.34. The molecular formula is C13H14F3NO2. The first-order valence-corrected chi connectivity index (χ1v) is 6.03. The van der Waals surface area contributed by atoms with E-state index in [9.17, 15) is 18.0 Å². The predicted octanol–water partition coefficient (Wildman–Crippen LogP) is 2.30. The Kier molecular flexibility index (Phi) is 3.80. The van der Waals surface area contributed by atoms with E-state index in [-0.39, 0.29) is 24.8 Å². The van der Waals surface area contributed by atoms with E-state index >= 15 is 0 Å². The first-order chi connectivity index (χ1) is 8.95. The third-order valence-corrected chi connectivity index (χ3v) is 3.05. The lowest BCUT2D eigenvalue weighted by molar-refractivity contribution is -0.138. The summed E-state index contributed by atoms with van der Waals surface area (Å²) in [6, 6.07) is 4.70. The van der Waals surface area contributed by atoms with Crippen LogP contribution in [-0.2, 0) is 6.18 Å². The van der Waals surface area contributed by atoms with Gasteiger partial charge in [0, 0.05) is 12.6 Å². The highest BCUT2D eigenvalue weighted by molar-refractivity contribution is 5.96. The van der Waals surface area contributed by atoms with Crippen LogP contribution in [0.15, 0.2) is 24.3 Å². The number of hydrogen-bond acceptors (Lipinski definition) is 2. The van der Waals surface area contributed by atoms with E-state index in [4.69, 9.17) is 5.11 Å². The van der Waals surface area contributed by atoms with Crippen LogP contribution in [0.1, 0.15) is 28.8 Å². The summed E-state index contributed by atoms with van der Waals surface area (Å²) in [7, 11) is 0. The first kappa shape index (κ1) is 13.9. The lowest BCUT2D eigenvalue weighted by Crippen LogP contribution is -2.36. The maximum absolute atomic E-state index is 12.9. The number of aliphatic hydroxyl groups excluding tert-OH is 1. The highest BCUT2D eigenvalue weighted by Gasteiger charge is 2.38. The second-order valence-electron chi connectivity index (χ2n) is 4.50. The van der Waals surface area contributed by atoms with Gasteiger partial charge in [-0.2, -0.15) is 13.2 Å². The minimum absolute atomic E-state index is 0.0408. The molecule has 1 amide bonds. The number of rotatable bonds is 4. The van der Waals surface area contributed by atoms with Crippen LogP contribution in [0.2, 0.25) is 0 Å². The van der Waals surface area contributed by atoms with E-state index in [1.54, 1.807) is 0 Å². The zero-order valence-corrected chi connectivity index (χ0v) is 10.2. The second kappa shape index (κ2) is 5.21. The van der Waals surface area contributed by atoms with Crippen LogP contribution in [0.5, 0.6) is 0 Å². The van der Waals surface area contributed by atoms with Gasteiger partial charge in [0.2, 0.25) is 0 Å². The molecular weight excluding hydrogens is 259 g/mol. The van der Waals surface area contributed by atoms with Crippen LogP contribution in [0, 0.1) is 0 Å². The summed E-state index contributed by atoms with van der Waals surface area (Å²) in [4.78, 5) is 13.5. The van der Waals surface area contributed by atoms with Crippen molar-refractivity contribution in [3.05, 3.63) is 35.4 Å². The van der Waals surface area contributed by atoms with Crippen LogP contribution in [0.4, 0.5) is 13.2 Å². The standard InChI is InChI=1S/C13H14F3NO2/c14-13(15,16)11-4-2-1-3-10(11)12(19)17(7-8-18)9-5-6-9/h1-4,9,18H,5-8H2. The third kappa shape index (κ3) is 3.07. The Morgan fingerprint density at radius 3 is 2.47 bits per heavy atom. The molecule has 0 spiro atoms. The number of nitrogens with zero attached hydrogens (tertiary/aromatic N) is 1. The van der Waals surface area contributed by atoms with Crippen molar-refractivity contribution in [2.75, 3.05) is 13.2 Å². The molecule has 104 valence electrons. The molecule has 19 heavy (non-hydrogen) atoms. The summed E-state index contributed by atoms with van der Waals surface area (Å²) >= 11 is 0. The van der Waals surface area contributed by atoms with Gasteiger partial charge < -0.3 is 10.0 Å². The number of carbonyl (C=O) groups is 1. The molecule has 0 atom stereocenters. The van der Waals surface area contributed by atoms with Gasteiger partial charge in [0.25, 0.3) is 5.91 Å². The summed E-state index contributed by atoms with van der Waals surface area (Å²) in [6.07, 6.45) is -3.00. The summed E-state index contributed by atoms with van der Waals surface area (Å²) in [5.74, 6) is -0.663. The Bertz CT molecular complexity index is 469. The number of amides is 1. The molecule has 2 rings (SSSR count). The average Bonchev–Trinajstić information content (AvgIpc) is 3.18. The molecule has 1 aromatic carbocycles. The van der Waals surface area contributed by atoms with Crippen LogP contribution in [0.25, 0.3) is 0 Å². The molecule has 6 heteroatoms. The molecule has 0 radical (unpaired) electrons. The van der Waals surface area contributed by atoms with Crippen molar-refractivity contribution in [3.8, 4) is 0 Å². The molecule has 1 fully saturated rings. The van der Waals surface area contributed by atoms with Gasteiger partial charge in [-0.15, -0.1) is 0 Å². The van der Waals surface area contributed by atoms with Crippen molar-refractivity contribution in [1.82, 2.24) is 4.90 Å².